The Labute approximate surface area is 117 Å². The third kappa shape index (κ3) is 2.39. The van der Waals surface area contributed by atoms with Gasteiger partial charge in [0.25, 0.3) is 0 Å². The summed E-state index contributed by atoms with van der Waals surface area (Å²) in [4.78, 5) is 20.3. The lowest BCUT2D eigenvalue weighted by Gasteiger charge is -1.95. The molecule has 3 aromatic heterocycles. The highest BCUT2D eigenvalue weighted by molar-refractivity contribution is 7.09. The van der Waals surface area contributed by atoms with Crippen molar-refractivity contribution in [1.82, 2.24) is 24.1 Å². The molecule has 8 heteroatoms. The highest BCUT2D eigenvalue weighted by atomic mass is 35.5. The zero-order valence-corrected chi connectivity index (χ0v) is 11.4. The van der Waals surface area contributed by atoms with Crippen LogP contribution in [0.3, 0.4) is 0 Å². The molecule has 3 aromatic rings. The van der Waals surface area contributed by atoms with Gasteiger partial charge in [-0.15, -0.1) is 28.0 Å². The predicted octanol–water partition coefficient (Wildman–Crippen LogP) is 1.33. The average Bonchev–Trinajstić information content (AvgIpc) is 3.02. The molecule has 0 aliphatic rings. The third-order valence-corrected chi connectivity index (χ3v) is 3.89. The number of aryl methyl sites for hydroxylation is 2. The number of rotatable bonds is 4. The fourth-order valence-corrected chi connectivity index (χ4v) is 2.77. The molecule has 0 aliphatic carbocycles. The number of thiazole rings is 1. The van der Waals surface area contributed by atoms with Crippen molar-refractivity contribution in [2.24, 2.45) is 0 Å². The third-order valence-electron chi connectivity index (χ3n) is 2.66. The van der Waals surface area contributed by atoms with Crippen LogP contribution in [0.1, 0.15) is 10.7 Å². The van der Waals surface area contributed by atoms with Crippen molar-refractivity contribution >= 4 is 28.6 Å². The summed E-state index contributed by atoms with van der Waals surface area (Å²) in [5.41, 5.74) is 1.26. The van der Waals surface area contributed by atoms with Crippen LogP contribution in [0.4, 0.5) is 0 Å². The lowest BCUT2D eigenvalue weighted by molar-refractivity contribution is 0.591. The predicted molar refractivity (Wildman–Crippen MR) is 72.6 cm³/mol. The normalized spacial score (nSPS) is 11.2. The summed E-state index contributed by atoms with van der Waals surface area (Å²) < 4.78 is 2.90. The van der Waals surface area contributed by atoms with E-state index in [4.69, 9.17) is 11.6 Å². The number of fused-ring (bicyclic) bond motifs is 1. The van der Waals surface area contributed by atoms with Crippen LogP contribution in [0, 0.1) is 0 Å². The molecular weight excluding hydrogens is 286 g/mol. The summed E-state index contributed by atoms with van der Waals surface area (Å²) in [6.07, 6.45) is 5.40. The van der Waals surface area contributed by atoms with E-state index < -0.39 is 0 Å². The van der Waals surface area contributed by atoms with Gasteiger partial charge in [0.15, 0.2) is 5.65 Å². The summed E-state index contributed by atoms with van der Waals surface area (Å²) in [6.45, 7) is 0.496. The first-order valence-corrected chi connectivity index (χ1v) is 7.08. The number of halogens is 1. The SMILES string of the molecule is O=c1n(CCc2nc(CCl)cs2)nc2cnccn12. The fourth-order valence-electron chi connectivity index (χ4n) is 1.75. The molecule has 3 heterocycles. The van der Waals surface area contributed by atoms with Gasteiger partial charge in [-0.2, -0.15) is 0 Å². The van der Waals surface area contributed by atoms with Gasteiger partial charge in [0.05, 0.1) is 29.3 Å². The Morgan fingerprint density at radius 1 is 1.42 bits per heavy atom. The van der Waals surface area contributed by atoms with Crippen molar-refractivity contribution in [3.8, 4) is 0 Å². The topological polar surface area (TPSA) is 65.1 Å². The van der Waals surface area contributed by atoms with E-state index in [1.165, 1.54) is 9.08 Å². The molecule has 0 unspecified atom stereocenters. The zero-order chi connectivity index (χ0) is 13.2. The molecule has 0 saturated carbocycles. The van der Waals surface area contributed by atoms with Crippen molar-refractivity contribution in [3.05, 3.63) is 45.2 Å². The van der Waals surface area contributed by atoms with Crippen molar-refractivity contribution in [3.63, 3.8) is 0 Å². The molecule has 0 atom stereocenters. The van der Waals surface area contributed by atoms with Crippen molar-refractivity contribution in [2.45, 2.75) is 18.8 Å². The molecule has 3 rings (SSSR count). The minimum absolute atomic E-state index is 0.161. The lowest BCUT2D eigenvalue weighted by Crippen LogP contribution is -2.22. The Morgan fingerprint density at radius 3 is 3.05 bits per heavy atom. The van der Waals surface area contributed by atoms with Gasteiger partial charge in [-0.3, -0.25) is 4.98 Å². The standard InChI is InChI=1S/C11H10ClN5OS/c12-5-8-7-19-10(14-8)1-3-17-11(18)16-4-2-13-6-9(16)15-17/h2,4,6-7H,1,3,5H2. The van der Waals surface area contributed by atoms with E-state index in [-0.39, 0.29) is 5.69 Å². The molecule has 19 heavy (non-hydrogen) atoms. The number of hydrogen-bond acceptors (Lipinski definition) is 5. The summed E-state index contributed by atoms with van der Waals surface area (Å²) >= 11 is 7.25. The molecule has 0 fully saturated rings. The summed E-state index contributed by atoms with van der Waals surface area (Å²) in [6, 6.07) is 0. The van der Waals surface area contributed by atoms with Gasteiger partial charge >= 0.3 is 5.69 Å². The average molecular weight is 296 g/mol. The van der Waals surface area contributed by atoms with Gasteiger partial charge in [-0.25, -0.2) is 18.9 Å². The van der Waals surface area contributed by atoms with E-state index in [1.54, 1.807) is 29.9 Å². The lowest BCUT2D eigenvalue weighted by atomic mass is 10.4. The van der Waals surface area contributed by atoms with Crippen molar-refractivity contribution < 1.29 is 0 Å². The van der Waals surface area contributed by atoms with E-state index in [2.05, 4.69) is 15.1 Å². The molecule has 98 valence electrons. The van der Waals surface area contributed by atoms with Gasteiger partial charge in [0.2, 0.25) is 0 Å². The van der Waals surface area contributed by atoms with Crippen molar-refractivity contribution in [1.29, 1.82) is 0 Å². The van der Waals surface area contributed by atoms with Crippen LogP contribution < -0.4 is 5.69 Å². The maximum absolute atomic E-state index is 12.0. The Balaban J connectivity index is 1.82. The fraction of sp³-hybridized carbons (Fsp3) is 0.273. The van der Waals surface area contributed by atoms with Crippen LogP contribution >= 0.6 is 22.9 Å². The number of hydrogen-bond donors (Lipinski definition) is 0. The minimum Gasteiger partial charge on any atom is -0.259 e. The molecule has 0 N–H and O–H groups in total. The Hall–Kier alpha value is -1.73. The molecular formula is C11H10ClN5OS. The monoisotopic (exact) mass is 295 g/mol. The molecule has 0 aromatic carbocycles. The highest BCUT2D eigenvalue weighted by Gasteiger charge is 2.07. The van der Waals surface area contributed by atoms with E-state index in [0.29, 0.717) is 24.5 Å². The van der Waals surface area contributed by atoms with Crippen LogP contribution in [0.2, 0.25) is 0 Å². The zero-order valence-electron chi connectivity index (χ0n) is 9.86. The van der Waals surface area contributed by atoms with E-state index in [1.807, 2.05) is 5.38 Å². The molecule has 0 radical (unpaired) electrons. The first-order valence-electron chi connectivity index (χ1n) is 5.66. The van der Waals surface area contributed by atoms with Gasteiger partial charge in [0.1, 0.15) is 0 Å². The second-order valence-corrected chi connectivity index (χ2v) is 5.14. The van der Waals surface area contributed by atoms with Gasteiger partial charge in [-0.1, -0.05) is 0 Å². The highest BCUT2D eigenvalue weighted by Crippen LogP contribution is 2.12. The minimum atomic E-state index is -0.161. The van der Waals surface area contributed by atoms with Crippen LogP contribution in [0.15, 0.2) is 28.8 Å². The summed E-state index contributed by atoms with van der Waals surface area (Å²) in [5.74, 6) is 0.413. The van der Waals surface area contributed by atoms with E-state index >= 15 is 0 Å². The largest absolute Gasteiger partial charge is 0.350 e. The summed E-state index contributed by atoms with van der Waals surface area (Å²) in [7, 11) is 0. The maximum Gasteiger partial charge on any atom is 0.350 e. The Kier molecular flexibility index (Phi) is 3.31. The second-order valence-electron chi connectivity index (χ2n) is 3.93. The van der Waals surface area contributed by atoms with Crippen LogP contribution in [-0.2, 0) is 18.8 Å². The first-order chi connectivity index (χ1) is 9.28. The molecule has 0 aliphatic heterocycles. The Bertz CT molecular complexity index is 762. The van der Waals surface area contributed by atoms with Crippen LogP contribution in [0.25, 0.3) is 5.65 Å². The number of nitrogens with zero attached hydrogens (tertiary/aromatic N) is 5. The maximum atomic E-state index is 12.0. The summed E-state index contributed by atoms with van der Waals surface area (Å²) in [5, 5.41) is 7.10. The van der Waals surface area contributed by atoms with E-state index in [0.717, 1.165) is 10.7 Å². The molecule has 0 spiro atoms. The second kappa shape index (κ2) is 5.10. The number of aromatic nitrogens is 5. The number of alkyl halides is 1. The van der Waals surface area contributed by atoms with Crippen molar-refractivity contribution in [2.75, 3.05) is 0 Å². The van der Waals surface area contributed by atoms with Gasteiger partial charge < -0.3 is 0 Å². The molecule has 0 bridgehead atoms. The molecule has 6 nitrogen and oxygen atoms in total. The van der Waals surface area contributed by atoms with Gasteiger partial charge in [-0.05, 0) is 0 Å². The van der Waals surface area contributed by atoms with Crippen LogP contribution in [0.5, 0.6) is 0 Å². The van der Waals surface area contributed by atoms with Gasteiger partial charge in [0, 0.05) is 24.2 Å². The first kappa shape index (κ1) is 12.3. The Morgan fingerprint density at radius 2 is 2.32 bits per heavy atom. The molecule has 0 amide bonds. The molecule has 0 saturated heterocycles. The van der Waals surface area contributed by atoms with E-state index in [9.17, 15) is 4.79 Å². The smallest absolute Gasteiger partial charge is 0.259 e. The van der Waals surface area contributed by atoms with Crippen LogP contribution in [-0.4, -0.2) is 24.1 Å². The quantitative estimate of drug-likeness (QED) is 0.681.